The van der Waals surface area contributed by atoms with E-state index in [2.05, 4.69) is 170 Å². The lowest BCUT2D eigenvalue weighted by molar-refractivity contribution is 0.722. The standard InChI is InChI=1S/C52H31N3S2/c1-2-13-32(14-3-1)49-53-50(55-51(54-49)36-25-27-40-39-19-6-10-23-45(39)56-47(40)31-36)35-16-12-15-33(29-35)34-26-28-44-48(30-34)57-46-24-11-9-22-43(46)52(44)41-20-7-4-17-37(41)38-18-5-8-21-42(38)52/h1-31H. The average molecular weight is 762 g/mol. The van der Waals surface area contributed by atoms with Gasteiger partial charge in [-0.15, -0.1) is 11.3 Å². The molecule has 0 amide bonds. The highest BCUT2D eigenvalue weighted by atomic mass is 32.2. The van der Waals surface area contributed by atoms with E-state index in [1.54, 1.807) is 11.3 Å². The van der Waals surface area contributed by atoms with Crippen LogP contribution in [0.15, 0.2) is 198 Å². The fraction of sp³-hybridized carbons (Fsp3) is 0.0192. The van der Waals surface area contributed by atoms with Gasteiger partial charge < -0.3 is 0 Å². The fourth-order valence-electron chi connectivity index (χ4n) is 9.09. The van der Waals surface area contributed by atoms with Crippen molar-refractivity contribution in [1.82, 2.24) is 15.0 Å². The summed E-state index contributed by atoms with van der Waals surface area (Å²) in [5.41, 5.74) is 12.8. The number of nitrogens with zero attached hydrogens (tertiary/aromatic N) is 3. The molecule has 0 unspecified atom stereocenters. The van der Waals surface area contributed by atoms with Crippen LogP contribution in [0.4, 0.5) is 0 Å². The topological polar surface area (TPSA) is 38.7 Å². The Morgan fingerprint density at radius 3 is 1.67 bits per heavy atom. The monoisotopic (exact) mass is 761 g/mol. The van der Waals surface area contributed by atoms with Gasteiger partial charge >= 0.3 is 0 Å². The van der Waals surface area contributed by atoms with Crippen LogP contribution in [0.5, 0.6) is 0 Å². The molecule has 266 valence electrons. The lowest BCUT2D eigenvalue weighted by atomic mass is 9.67. The molecule has 0 fully saturated rings. The molecule has 1 spiro atoms. The minimum Gasteiger partial charge on any atom is -0.208 e. The predicted molar refractivity (Wildman–Crippen MR) is 236 cm³/mol. The SMILES string of the molecule is c1ccc(-c2nc(-c3cccc(-c4ccc5c(c4)Sc4ccccc4C54c5ccccc5-c5ccccc54)c3)nc(-c3ccc4c(c3)sc3ccccc34)n2)cc1. The summed E-state index contributed by atoms with van der Waals surface area (Å²) in [5.74, 6) is 1.97. The van der Waals surface area contributed by atoms with Crippen molar-refractivity contribution in [3.63, 3.8) is 0 Å². The zero-order valence-corrected chi connectivity index (χ0v) is 32.2. The average Bonchev–Trinajstić information content (AvgIpc) is 3.80. The normalized spacial score (nSPS) is 13.3. The molecule has 1 aliphatic carbocycles. The van der Waals surface area contributed by atoms with Crippen LogP contribution in [0.25, 0.3) is 76.6 Å². The summed E-state index contributed by atoms with van der Waals surface area (Å²) < 4.78 is 2.50. The summed E-state index contributed by atoms with van der Waals surface area (Å²) in [6, 6.07) is 67.9. The first-order chi connectivity index (χ1) is 28.2. The number of thiophene rings is 1. The number of aromatic nitrogens is 3. The smallest absolute Gasteiger partial charge is 0.164 e. The minimum atomic E-state index is -0.390. The van der Waals surface area contributed by atoms with Gasteiger partial charge in [0.2, 0.25) is 0 Å². The third-order valence-corrected chi connectivity index (χ3v) is 13.9. The Bertz CT molecular complexity index is 3190. The summed E-state index contributed by atoms with van der Waals surface area (Å²) in [6.07, 6.45) is 0. The third kappa shape index (κ3) is 4.96. The van der Waals surface area contributed by atoms with E-state index in [1.807, 2.05) is 30.0 Å². The molecule has 0 saturated heterocycles. The van der Waals surface area contributed by atoms with Crippen LogP contribution in [0.3, 0.4) is 0 Å². The summed E-state index contributed by atoms with van der Waals surface area (Å²) in [5, 5.41) is 2.53. The molecule has 8 aromatic carbocycles. The molecular formula is C52H31N3S2. The molecule has 1 aliphatic heterocycles. The van der Waals surface area contributed by atoms with E-state index in [9.17, 15) is 0 Å². The molecule has 0 atom stereocenters. The molecule has 0 bridgehead atoms. The van der Waals surface area contributed by atoms with Crippen LogP contribution in [0.2, 0.25) is 0 Å². The minimum absolute atomic E-state index is 0.390. The molecule has 5 heteroatoms. The number of rotatable bonds is 4. The van der Waals surface area contributed by atoms with E-state index in [4.69, 9.17) is 15.0 Å². The maximum Gasteiger partial charge on any atom is 0.164 e. The van der Waals surface area contributed by atoms with Crippen LogP contribution in [-0.4, -0.2) is 15.0 Å². The van der Waals surface area contributed by atoms with Crippen LogP contribution >= 0.6 is 23.1 Å². The molecule has 12 rings (SSSR count). The lowest BCUT2D eigenvalue weighted by Gasteiger charge is -2.39. The van der Waals surface area contributed by atoms with Crippen LogP contribution in [-0.2, 0) is 5.41 Å². The molecule has 0 saturated carbocycles. The molecule has 0 N–H and O–H groups in total. The summed E-state index contributed by atoms with van der Waals surface area (Å²) in [4.78, 5) is 17.9. The second kappa shape index (κ2) is 12.7. The van der Waals surface area contributed by atoms with Gasteiger partial charge in [-0.3, -0.25) is 0 Å². The Kier molecular flexibility index (Phi) is 7.25. The Hall–Kier alpha value is -6.66. The Balaban J connectivity index is 0.994. The highest BCUT2D eigenvalue weighted by Gasteiger charge is 2.50. The number of benzene rings is 8. The predicted octanol–water partition coefficient (Wildman–Crippen LogP) is 13.7. The van der Waals surface area contributed by atoms with E-state index >= 15 is 0 Å². The van der Waals surface area contributed by atoms with Crippen molar-refractivity contribution in [2.45, 2.75) is 15.2 Å². The van der Waals surface area contributed by atoms with Gasteiger partial charge in [-0.1, -0.05) is 169 Å². The fourth-order valence-corrected chi connectivity index (χ4v) is 11.5. The molecule has 2 aromatic heterocycles. The van der Waals surface area contributed by atoms with Gasteiger partial charge in [-0.05, 0) is 74.8 Å². The van der Waals surface area contributed by atoms with E-state index in [0.717, 1.165) is 27.8 Å². The summed E-state index contributed by atoms with van der Waals surface area (Å²) in [7, 11) is 0. The van der Waals surface area contributed by atoms with Crippen molar-refractivity contribution >= 4 is 43.3 Å². The van der Waals surface area contributed by atoms with Gasteiger partial charge in [0, 0.05) is 46.7 Å². The van der Waals surface area contributed by atoms with E-state index in [-0.39, 0.29) is 0 Å². The van der Waals surface area contributed by atoms with Crippen molar-refractivity contribution in [1.29, 1.82) is 0 Å². The largest absolute Gasteiger partial charge is 0.208 e. The molecule has 2 aliphatic rings. The Labute approximate surface area is 338 Å². The number of fused-ring (bicyclic) bond motifs is 12. The van der Waals surface area contributed by atoms with Gasteiger partial charge in [0.15, 0.2) is 17.5 Å². The molecule has 3 nitrogen and oxygen atoms in total. The highest BCUT2D eigenvalue weighted by molar-refractivity contribution is 7.99. The zero-order valence-electron chi connectivity index (χ0n) is 30.6. The number of hydrogen-bond acceptors (Lipinski definition) is 5. The second-order valence-corrected chi connectivity index (χ2v) is 16.9. The summed E-state index contributed by atoms with van der Waals surface area (Å²) >= 11 is 3.67. The lowest BCUT2D eigenvalue weighted by Crippen LogP contribution is -2.31. The van der Waals surface area contributed by atoms with Crippen LogP contribution in [0, 0.1) is 0 Å². The van der Waals surface area contributed by atoms with Gasteiger partial charge in [0.05, 0.1) is 5.41 Å². The first-order valence-corrected chi connectivity index (χ1v) is 20.8. The molecular weight excluding hydrogens is 731 g/mol. The van der Waals surface area contributed by atoms with E-state index < -0.39 is 5.41 Å². The van der Waals surface area contributed by atoms with Crippen molar-refractivity contribution in [3.8, 4) is 56.4 Å². The van der Waals surface area contributed by atoms with Gasteiger partial charge in [-0.25, -0.2) is 15.0 Å². The Morgan fingerprint density at radius 1 is 0.333 bits per heavy atom. The molecule has 0 radical (unpaired) electrons. The summed E-state index contributed by atoms with van der Waals surface area (Å²) in [6.45, 7) is 0. The van der Waals surface area contributed by atoms with E-state index in [0.29, 0.717) is 17.5 Å². The Morgan fingerprint density at radius 2 is 0.877 bits per heavy atom. The molecule has 57 heavy (non-hydrogen) atoms. The zero-order chi connectivity index (χ0) is 37.5. The van der Waals surface area contributed by atoms with Gasteiger partial charge in [-0.2, -0.15) is 0 Å². The van der Waals surface area contributed by atoms with Crippen LogP contribution < -0.4 is 0 Å². The second-order valence-electron chi connectivity index (χ2n) is 14.7. The van der Waals surface area contributed by atoms with Crippen molar-refractivity contribution in [2.75, 3.05) is 0 Å². The first kappa shape index (κ1) is 32.6. The van der Waals surface area contributed by atoms with E-state index in [1.165, 1.54) is 63.3 Å². The maximum atomic E-state index is 5.16. The van der Waals surface area contributed by atoms with Crippen LogP contribution in [0.1, 0.15) is 22.3 Å². The number of hydrogen-bond donors (Lipinski definition) is 0. The van der Waals surface area contributed by atoms with Gasteiger partial charge in [0.1, 0.15) is 0 Å². The van der Waals surface area contributed by atoms with Crippen molar-refractivity contribution < 1.29 is 0 Å². The van der Waals surface area contributed by atoms with Crippen molar-refractivity contribution in [3.05, 3.63) is 210 Å². The molecule has 10 aromatic rings. The third-order valence-electron chi connectivity index (χ3n) is 11.6. The quantitative estimate of drug-likeness (QED) is 0.179. The maximum absolute atomic E-state index is 5.16. The first-order valence-electron chi connectivity index (χ1n) is 19.2. The van der Waals surface area contributed by atoms with Gasteiger partial charge in [0.25, 0.3) is 0 Å². The molecule has 3 heterocycles. The highest BCUT2D eigenvalue weighted by Crippen LogP contribution is 2.62. The van der Waals surface area contributed by atoms with Crippen molar-refractivity contribution in [2.24, 2.45) is 0 Å².